The molecule has 2 rings (SSSR count). The molecule has 1 aromatic rings. The number of hydrogen-bond donors (Lipinski definition) is 1. The van der Waals surface area contributed by atoms with Crippen LogP contribution in [0.1, 0.15) is 44.6 Å². The second-order valence-corrected chi connectivity index (χ2v) is 6.08. The first kappa shape index (κ1) is 13.9. The first-order valence-electron chi connectivity index (χ1n) is 7.19. The average Bonchev–Trinajstić information content (AvgIpc) is 2.40. The van der Waals surface area contributed by atoms with Gasteiger partial charge in [-0.05, 0) is 48.9 Å². The molecule has 0 heterocycles. The van der Waals surface area contributed by atoms with Crippen LogP contribution in [0.15, 0.2) is 24.3 Å². The quantitative estimate of drug-likeness (QED) is 0.830. The van der Waals surface area contributed by atoms with E-state index in [0.717, 1.165) is 18.1 Å². The van der Waals surface area contributed by atoms with Crippen molar-refractivity contribution in [2.24, 2.45) is 5.41 Å². The highest BCUT2D eigenvalue weighted by molar-refractivity contribution is 6.30. The maximum absolute atomic E-state index is 5.96. The molecular weight excluding hydrogens is 242 g/mol. The third-order valence-corrected chi connectivity index (χ3v) is 4.41. The third-order valence-electron chi connectivity index (χ3n) is 4.16. The lowest BCUT2D eigenvalue weighted by atomic mass is 9.70. The van der Waals surface area contributed by atoms with E-state index in [4.69, 9.17) is 11.6 Å². The largest absolute Gasteiger partial charge is 0.316 e. The summed E-state index contributed by atoms with van der Waals surface area (Å²) in [7, 11) is 0. The van der Waals surface area contributed by atoms with Gasteiger partial charge in [0.25, 0.3) is 0 Å². The Hall–Kier alpha value is -0.530. The van der Waals surface area contributed by atoms with E-state index in [2.05, 4.69) is 24.4 Å². The van der Waals surface area contributed by atoms with Crippen LogP contribution in [0, 0.1) is 5.41 Å². The van der Waals surface area contributed by atoms with Crippen LogP contribution >= 0.6 is 11.6 Å². The number of rotatable bonds is 5. The maximum Gasteiger partial charge on any atom is 0.0406 e. The van der Waals surface area contributed by atoms with Crippen molar-refractivity contribution in [1.82, 2.24) is 5.32 Å². The van der Waals surface area contributed by atoms with Crippen LogP contribution in [-0.2, 0) is 6.42 Å². The first-order chi connectivity index (χ1) is 8.74. The second-order valence-electron chi connectivity index (χ2n) is 5.64. The van der Waals surface area contributed by atoms with E-state index in [1.165, 1.54) is 44.1 Å². The summed E-state index contributed by atoms with van der Waals surface area (Å²) in [5, 5.41) is 4.40. The molecule has 0 bridgehead atoms. The summed E-state index contributed by atoms with van der Waals surface area (Å²) in [6, 6.07) is 8.40. The lowest BCUT2D eigenvalue weighted by Crippen LogP contribution is -2.37. The number of benzene rings is 1. The minimum absolute atomic E-state index is 0.474. The van der Waals surface area contributed by atoms with E-state index < -0.39 is 0 Å². The summed E-state index contributed by atoms with van der Waals surface area (Å²) < 4.78 is 0. The highest BCUT2D eigenvalue weighted by Crippen LogP contribution is 2.38. The Morgan fingerprint density at radius 2 is 1.78 bits per heavy atom. The van der Waals surface area contributed by atoms with E-state index in [9.17, 15) is 0 Å². The standard InChI is InChI=1S/C16H24ClN/c1-2-18-13-16(10-4-3-5-11-16)12-14-6-8-15(17)9-7-14/h6-9,18H,2-5,10-13H2,1H3. The van der Waals surface area contributed by atoms with Crippen molar-refractivity contribution in [2.75, 3.05) is 13.1 Å². The normalized spacial score (nSPS) is 18.8. The van der Waals surface area contributed by atoms with E-state index in [0.29, 0.717) is 5.41 Å². The Labute approximate surface area is 116 Å². The molecule has 18 heavy (non-hydrogen) atoms. The smallest absolute Gasteiger partial charge is 0.0406 e. The van der Waals surface area contributed by atoms with Gasteiger partial charge in [-0.1, -0.05) is 49.9 Å². The van der Waals surface area contributed by atoms with Crippen LogP contribution < -0.4 is 5.32 Å². The van der Waals surface area contributed by atoms with E-state index >= 15 is 0 Å². The molecule has 2 heteroatoms. The van der Waals surface area contributed by atoms with Gasteiger partial charge in [-0.2, -0.15) is 0 Å². The van der Waals surface area contributed by atoms with Crippen molar-refractivity contribution < 1.29 is 0 Å². The Morgan fingerprint density at radius 3 is 2.39 bits per heavy atom. The predicted molar refractivity (Wildman–Crippen MR) is 79.2 cm³/mol. The highest BCUT2D eigenvalue weighted by atomic mass is 35.5. The van der Waals surface area contributed by atoms with Crippen LogP contribution in [0.4, 0.5) is 0 Å². The summed E-state index contributed by atoms with van der Waals surface area (Å²) in [5.41, 5.74) is 1.90. The zero-order chi connectivity index (χ0) is 12.8. The van der Waals surface area contributed by atoms with Gasteiger partial charge in [0.15, 0.2) is 0 Å². The molecule has 0 saturated heterocycles. The molecule has 0 spiro atoms. The van der Waals surface area contributed by atoms with Gasteiger partial charge in [-0.25, -0.2) is 0 Å². The molecule has 1 aliphatic carbocycles. The van der Waals surface area contributed by atoms with Crippen molar-refractivity contribution in [1.29, 1.82) is 0 Å². The number of hydrogen-bond acceptors (Lipinski definition) is 1. The van der Waals surface area contributed by atoms with Gasteiger partial charge in [0.05, 0.1) is 0 Å². The van der Waals surface area contributed by atoms with Crippen molar-refractivity contribution >= 4 is 11.6 Å². The average molecular weight is 266 g/mol. The third kappa shape index (κ3) is 3.73. The molecule has 1 aliphatic rings. The van der Waals surface area contributed by atoms with Gasteiger partial charge in [0, 0.05) is 11.6 Å². The predicted octanol–water partition coefficient (Wildman–Crippen LogP) is 4.44. The molecule has 1 N–H and O–H groups in total. The van der Waals surface area contributed by atoms with Gasteiger partial charge in [0.1, 0.15) is 0 Å². The van der Waals surface area contributed by atoms with Crippen LogP contribution in [0.2, 0.25) is 5.02 Å². The van der Waals surface area contributed by atoms with Gasteiger partial charge in [-0.3, -0.25) is 0 Å². The Kier molecular flexibility index (Phi) is 5.08. The summed E-state index contributed by atoms with van der Waals surface area (Å²) in [6.45, 7) is 4.42. The molecule has 1 nitrogen and oxygen atoms in total. The SMILES string of the molecule is CCNCC1(Cc2ccc(Cl)cc2)CCCCC1. The summed E-state index contributed by atoms with van der Waals surface area (Å²) in [6.07, 6.45) is 8.11. The summed E-state index contributed by atoms with van der Waals surface area (Å²) in [5.74, 6) is 0. The summed E-state index contributed by atoms with van der Waals surface area (Å²) in [4.78, 5) is 0. The maximum atomic E-state index is 5.96. The molecule has 1 aromatic carbocycles. The minimum atomic E-state index is 0.474. The van der Waals surface area contributed by atoms with Crippen LogP contribution in [0.5, 0.6) is 0 Å². The fourth-order valence-electron chi connectivity index (χ4n) is 3.14. The highest BCUT2D eigenvalue weighted by Gasteiger charge is 2.31. The molecule has 0 unspecified atom stereocenters. The molecule has 0 amide bonds. The van der Waals surface area contributed by atoms with Crippen LogP contribution in [-0.4, -0.2) is 13.1 Å². The van der Waals surface area contributed by atoms with Crippen molar-refractivity contribution in [2.45, 2.75) is 45.4 Å². The molecule has 100 valence electrons. The van der Waals surface area contributed by atoms with Crippen LogP contribution in [0.25, 0.3) is 0 Å². The summed E-state index contributed by atoms with van der Waals surface area (Å²) >= 11 is 5.96. The van der Waals surface area contributed by atoms with E-state index in [1.54, 1.807) is 0 Å². The van der Waals surface area contributed by atoms with Crippen molar-refractivity contribution in [3.8, 4) is 0 Å². The Balaban J connectivity index is 2.06. The number of nitrogens with one attached hydrogen (secondary N) is 1. The monoisotopic (exact) mass is 265 g/mol. The van der Waals surface area contributed by atoms with Crippen molar-refractivity contribution in [3.63, 3.8) is 0 Å². The van der Waals surface area contributed by atoms with E-state index in [1.807, 2.05) is 12.1 Å². The van der Waals surface area contributed by atoms with Gasteiger partial charge < -0.3 is 5.32 Å². The van der Waals surface area contributed by atoms with E-state index in [-0.39, 0.29) is 0 Å². The Bertz CT molecular complexity index is 352. The second kappa shape index (κ2) is 6.58. The lowest BCUT2D eigenvalue weighted by molar-refractivity contribution is 0.182. The molecule has 1 saturated carbocycles. The molecular formula is C16H24ClN. The van der Waals surface area contributed by atoms with Gasteiger partial charge >= 0.3 is 0 Å². The molecule has 0 radical (unpaired) electrons. The first-order valence-corrected chi connectivity index (χ1v) is 7.57. The molecule has 1 fully saturated rings. The molecule has 0 aromatic heterocycles. The number of halogens is 1. The zero-order valence-electron chi connectivity index (χ0n) is 11.3. The zero-order valence-corrected chi connectivity index (χ0v) is 12.1. The van der Waals surface area contributed by atoms with Crippen molar-refractivity contribution in [3.05, 3.63) is 34.9 Å². The fourth-order valence-corrected chi connectivity index (χ4v) is 3.27. The molecule has 0 aliphatic heterocycles. The fraction of sp³-hybridized carbons (Fsp3) is 0.625. The Morgan fingerprint density at radius 1 is 1.11 bits per heavy atom. The van der Waals surface area contributed by atoms with Gasteiger partial charge in [0.2, 0.25) is 0 Å². The van der Waals surface area contributed by atoms with Crippen LogP contribution in [0.3, 0.4) is 0 Å². The minimum Gasteiger partial charge on any atom is -0.316 e. The van der Waals surface area contributed by atoms with Gasteiger partial charge in [-0.15, -0.1) is 0 Å². The molecule has 0 atom stereocenters. The lowest BCUT2D eigenvalue weighted by Gasteiger charge is -2.38. The topological polar surface area (TPSA) is 12.0 Å².